The average molecular weight is 325 g/mol. The Labute approximate surface area is 142 Å². The lowest BCUT2D eigenvalue weighted by atomic mass is 10.1. The van der Waals surface area contributed by atoms with Crippen LogP contribution < -0.4 is 4.74 Å². The zero-order valence-electron chi connectivity index (χ0n) is 14.2. The van der Waals surface area contributed by atoms with Crippen molar-refractivity contribution in [3.05, 3.63) is 36.3 Å². The van der Waals surface area contributed by atoms with Gasteiger partial charge in [-0.2, -0.15) is 0 Å². The van der Waals surface area contributed by atoms with Crippen LogP contribution in [0.15, 0.2) is 30.5 Å². The molecule has 0 unspecified atom stereocenters. The molecule has 1 fully saturated rings. The van der Waals surface area contributed by atoms with Gasteiger partial charge in [0, 0.05) is 37.5 Å². The normalized spacial score (nSPS) is 22.7. The Morgan fingerprint density at radius 3 is 2.79 bits per heavy atom. The van der Waals surface area contributed by atoms with E-state index in [1.54, 1.807) is 7.11 Å². The van der Waals surface area contributed by atoms with Crippen LogP contribution in [0, 0.1) is 11.8 Å². The van der Waals surface area contributed by atoms with Crippen LogP contribution in [0.1, 0.15) is 19.2 Å². The van der Waals surface area contributed by atoms with Crippen LogP contribution in [0.25, 0.3) is 11.3 Å². The Balaban J connectivity index is 1.59. The third-order valence-electron chi connectivity index (χ3n) is 5.26. The van der Waals surface area contributed by atoms with E-state index in [9.17, 15) is 4.79 Å². The molecule has 1 aliphatic carbocycles. The number of carbonyl (C=O) groups is 1. The number of amides is 1. The molecule has 126 valence electrons. The number of carbonyl (C=O) groups excluding carboxylic acids is 1. The predicted octanol–water partition coefficient (Wildman–Crippen LogP) is 2.60. The van der Waals surface area contributed by atoms with Crippen LogP contribution in [-0.4, -0.2) is 40.6 Å². The highest BCUT2D eigenvalue weighted by Gasteiger charge is 2.41. The fraction of sp³-hybridized carbons (Fsp3) is 0.474. The summed E-state index contributed by atoms with van der Waals surface area (Å²) in [6, 6.07) is 8.01. The second-order valence-electron chi connectivity index (χ2n) is 6.81. The Kier molecular flexibility index (Phi) is 3.79. The number of para-hydroxylation sites is 1. The number of fused-ring (bicyclic) bond motifs is 1. The van der Waals surface area contributed by atoms with Crippen LogP contribution in [0.3, 0.4) is 0 Å². The maximum atomic E-state index is 12.5. The second-order valence-corrected chi connectivity index (χ2v) is 6.81. The Bertz CT molecular complexity index is 768. The molecule has 2 atom stereocenters. The smallest absolute Gasteiger partial charge is 0.226 e. The molecule has 5 heteroatoms. The van der Waals surface area contributed by atoms with Crippen molar-refractivity contribution in [1.29, 1.82) is 0 Å². The molecule has 1 amide bonds. The molecule has 0 radical (unpaired) electrons. The molecule has 0 spiro atoms. The van der Waals surface area contributed by atoms with E-state index in [0.29, 0.717) is 11.8 Å². The van der Waals surface area contributed by atoms with Gasteiger partial charge in [0.1, 0.15) is 11.6 Å². The fourth-order valence-electron chi connectivity index (χ4n) is 3.62. The Morgan fingerprint density at radius 2 is 2.04 bits per heavy atom. The van der Waals surface area contributed by atoms with Crippen LogP contribution in [-0.2, 0) is 17.8 Å². The molecule has 5 nitrogen and oxygen atoms in total. The molecule has 2 aromatic rings. The lowest BCUT2D eigenvalue weighted by molar-refractivity contribution is -0.132. The lowest BCUT2D eigenvalue weighted by Crippen LogP contribution is -2.35. The molecule has 0 saturated heterocycles. The standard InChI is InChI=1S/C19H23N3O2/c1-13-11-15(13)19(23)21-8-7-18-20-12-16(22(18)10-9-21)14-5-3-4-6-17(14)24-2/h3-6,12-13,15H,7-11H2,1-2H3/t13-,15+/m1/s1. The zero-order valence-corrected chi connectivity index (χ0v) is 14.2. The number of hydrogen-bond donors (Lipinski definition) is 0. The maximum absolute atomic E-state index is 12.5. The largest absolute Gasteiger partial charge is 0.496 e. The highest BCUT2D eigenvalue weighted by atomic mass is 16.5. The summed E-state index contributed by atoms with van der Waals surface area (Å²) in [7, 11) is 1.69. The number of hydrogen-bond acceptors (Lipinski definition) is 3. The first kappa shape index (κ1) is 15.2. The number of methoxy groups -OCH3 is 1. The first-order valence-corrected chi connectivity index (χ1v) is 8.65. The van der Waals surface area contributed by atoms with E-state index in [0.717, 1.165) is 55.3 Å². The van der Waals surface area contributed by atoms with Gasteiger partial charge in [-0.3, -0.25) is 4.79 Å². The molecule has 1 saturated carbocycles. The van der Waals surface area contributed by atoms with Crippen LogP contribution in [0.2, 0.25) is 0 Å². The molecule has 1 aromatic heterocycles. The van der Waals surface area contributed by atoms with E-state index >= 15 is 0 Å². The summed E-state index contributed by atoms with van der Waals surface area (Å²) in [6.07, 6.45) is 3.78. The molecule has 24 heavy (non-hydrogen) atoms. The summed E-state index contributed by atoms with van der Waals surface area (Å²) in [4.78, 5) is 19.2. The van der Waals surface area contributed by atoms with Crippen molar-refractivity contribution in [1.82, 2.24) is 14.5 Å². The number of imidazole rings is 1. The quantitative estimate of drug-likeness (QED) is 0.871. The molecule has 0 bridgehead atoms. The van der Waals surface area contributed by atoms with Gasteiger partial charge in [0.25, 0.3) is 0 Å². The lowest BCUT2D eigenvalue weighted by Gasteiger charge is -2.20. The molecule has 2 heterocycles. The molecule has 1 aromatic carbocycles. The van der Waals surface area contributed by atoms with Gasteiger partial charge in [-0.1, -0.05) is 19.1 Å². The summed E-state index contributed by atoms with van der Waals surface area (Å²) in [5.41, 5.74) is 2.12. The summed E-state index contributed by atoms with van der Waals surface area (Å²) >= 11 is 0. The molecular formula is C19H23N3O2. The first-order valence-electron chi connectivity index (χ1n) is 8.65. The summed E-state index contributed by atoms with van der Waals surface area (Å²) < 4.78 is 7.73. The van der Waals surface area contributed by atoms with Crippen molar-refractivity contribution in [2.45, 2.75) is 26.3 Å². The van der Waals surface area contributed by atoms with Crippen molar-refractivity contribution in [3.63, 3.8) is 0 Å². The first-order chi connectivity index (χ1) is 11.7. The minimum Gasteiger partial charge on any atom is -0.496 e. The van der Waals surface area contributed by atoms with E-state index in [2.05, 4.69) is 22.5 Å². The van der Waals surface area contributed by atoms with Gasteiger partial charge in [-0.15, -0.1) is 0 Å². The number of rotatable bonds is 3. The Morgan fingerprint density at radius 1 is 1.25 bits per heavy atom. The van der Waals surface area contributed by atoms with Crippen molar-refractivity contribution in [3.8, 4) is 17.0 Å². The monoisotopic (exact) mass is 325 g/mol. The van der Waals surface area contributed by atoms with Crippen molar-refractivity contribution >= 4 is 5.91 Å². The van der Waals surface area contributed by atoms with E-state index in [1.807, 2.05) is 29.3 Å². The molecule has 2 aliphatic rings. The minimum absolute atomic E-state index is 0.254. The summed E-state index contributed by atoms with van der Waals surface area (Å²) in [6.45, 7) is 4.47. The zero-order chi connectivity index (χ0) is 16.7. The average Bonchev–Trinajstić information content (AvgIpc) is 3.27. The SMILES string of the molecule is COc1ccccc1-c1cnc2n1CCN(C(=O)[C@H]1C[C@H]1C)CC2. The van der Waals surface area contributed by atoms with E-state index in [-0.39, 0.29) is 5.92 Å². The van der Waals surface area contributed by atoms with Gasteiger partial charge in [0.15, 0.2) is 0 Å². The minimum atomic E-state index is 0.254. The highest BCUT2D eigenvalue weighted by Crippen LogP contribution is 2.39. The fourth-order valence-corrected chi connectivity index (χ4v) is 3.62. The van der Waals surface area contributed by atoms with Crippen LogP contribution in [0.5, 0.6) is 5.75 Å². The van der Waals surface area contributed by atoms with Crippen molar-refractivity contribution in [2.24, 2.45) is 11.8 Å². The van der Waals surface area contributed by atoms with E-state index in [1.165, 1.54) is 0 Å². The summed E-state index contributed by atoms with van der Waals surface area (Å²) in [5, 5.41) is 0. The predicted molar refractivity (Wildman–Crippen MR) is 91.8 cm³/mol. The van der Waals surface area contributed by atoms with Gasteiger partial charge in [0.2, 0.25) is 5.91 Å². The van der Waals surface area contributed by atoms with E-state index in [4.69, 9.17) is 4.74 Å². The van der Waals surface area contributed by atoms with Gasteiger partial charge in [0.05, 0.1) is 19.0 Å². The second kappa shape index (κ2) is 5.96. The number of aromatic nitrogens is 2. The van der Waals surface area contributed by atoms with Gasteiger partial charge in [-0.05, 0) is 24.5 Å². The van der Waals surface area contributed by atoms with Crippen LogP contribution >= 0.6 is 0 Å². The number of nitrogens with zero attached hydrogens (tertiary/aromatic N) is 3. The molecule has 4 rings (SSSR count). The number of ether oxygens (including phenoxy) is 1. The third kappa shape index (κ3) is 2.58. The molecule has 0 N–H and O–H groups in total. The molecule has 1 aliphatic heterocycles. The maximum Gasteiger partial charge on any atom is 0.226 e. The van der Waals surface area contributed by atoms with E-state index < -0.39 is 0 Å². The third-order valence-corrected chi connectivity index (χ3v) is 5.26. The Hall–Kier alpha value is -2.30. The van der Waals surface area contributed by atoms with Gasteiger partial charge >= 0.3 is 0 Å². The number of benzene rings is 1. The van der Waals surface area contributed by atoms with Crippen LogP contribution in [0.4, 0.5) is 0 Å². The van der Waals surface area contributed by atoms with Crippen molar-refractivity contribution < 1.29 is 9.53 Å². The van der Waals surface area contributed by atoms with Gasteiger partial charge in [-0.25, -0.2) is 4.98 Å². The highest BCUT2D eigenvalue weighted by molar-refractivity contribution is 5.81. The van der Waals surface area contributed by atoms with Crippen molar-refractivity contribution in [2.75, 3.05) is 20.2 Å². The topological polar surface area (TPSA) is 47.4 Å². The summed E-state index contributed by atoms with van der Waals surface area (Å²) in [5.74, 6) is 3.04. The van der Waals surface area contributed by atoms with Gasteiger partial charge < -0.3 is 14.2 Å². The molecular weight excluding hydrogens is 302 g/mol.